The first kappa shape index (κ1) is 24.4. The third-order valence-electron chi connectivity index (χ3n) is 5.43. The first-order valence-electron chi connectivity index (χ1n) is 10.9. The molecule has 0 aliphatic heterocycles. The van der Waals surface area contributed by atoms with Crippen molar-refractivity contribution < 1.29 is 14.6 Å². The molecule has 30 heavy (non-hydrogen) atoms. The third kappa shape index (κ3) is 6.55. The summed E-state index contributed by atoms with van der Waals surface area (Å²) in [5.74, 6) is 6.03. The smallest absolute Gasteiger partial charge is 0.262 e. The van der Waals surface area contributed by atoms with Gasteiger partial charge < -0.3 is 14.6 Å². The zero-order valence-corrected chi connectivity index (χ0v) is 19.6. The summed E-state index contributed by atoms with van der Waals surface area (Å²) in [7, 11) is -2.57. The van der Waals surface area contributed by atoms with E-state index in [0.717, 1.165) is 25.7 Å². The highest BCUT2D eigenvalue weighted by molar-refractivity contribution is 6.99. The van der Waals surface area contributed by atoms with Gasteiger partial charge in [-0.3, -0.25) is 0 Å². The quantitative estimate of drug-likeness (QED) is 0.346. The van der Waals surface area contributed by atoms with Gasteiger partial charge in [0.05, 0.1) is 6.61 Å². The molecule has 0 heterocycles. The summed E-state index contributed by atoms with van der Waals surface area (Å²) >= 11 is 0. The number of hydrogen-bond donors (Lipinski definition) is 2. The fourth-order valence-electron chi connectivity index (χ4n) is 3.94. The van der Waals surface area contributed by atoms with Crippen LogP contribution in [0, 0.1) is 11.8 Å². The van der Waals surface area contributed by atoms with Gasteiger partial charge in [0.1, 0.15) is 6.10 Å². The predicted molar refractivity (Wildman–Crippen MR) is 128 cm³/mol. The molecule has 1 unspecified atom stereocenters. The molecular formula is C26H36O3Si. The zero-order valence-electron chi connectivity index (χ0n) is 18.6. The number of benzene rings is 2. The molecule has 2 aromatic carbocycles. The van der Waals surface area contributed by atoms with Crippen molar-refractivity contribution in [2.24, 2.45) is 0 Å². The Morgan fingerprint density at radius 1 is 0.867 bits per heavy atom. The second kappa shape index (κ2) is 12.1. The maximum Gasteiger partial charge on any atom is 0.262 e. The fraction of sp³-hybridized carbons (Fsp3) is 0.462. The molecule has 3 nitrogen and oxygen atoms in total. The molecule has 2 aromatic rings. The number of hydrogen-bond acceptors (Lipinski definition) is 3. The van der Waals surface area contributed by atoms with Crippen molar-refractivity contribution in [1.29, 1.82) is 0 Å². The fourth-order valence-corrected chi connectivity index (χ4v) is 8.38. The second-order valence-corrected chi connectivity index (χ2v) is 13.0. The SMILES string of the molecule is CC(C)(C)[Si](OCC#CC(O)CCCCCCO)(c1ccccc1)c1ccccc1. The van der Waals surface area contributed by atoms with Crippen molar-refractivity contribution in [3.63, 3.8) is 0 Å². The lowest BCUT2D eigenvalue weighted by atomic mass is 10.1. The minimum Gasteiger partial charge on any atom is -0.396 e. The first-order valence-corrected chi connectivity index (χ1v) is 12.8. The Morgan fingerprint density at radius 2 is 1.40 bits per heavy atom. The zero-order chi connectivity index (χ0) is 21.9. The van der Waals surface area contributed by atoms with Crippen LogP contribution in [-0.4, -0.2) is 37.8 Å². The lowest BCUT2D eigenvalue weighted by Crippen LogP contribution is -2.66. The summed E-state index contributed by atoms with van der Waals surface area (Å²) in [4.78, 5) is 0. The topological polar surface area (TPSA) is 49.7 Å². The summed E-state index contributed by atoms with van der Waals surface area (Å²) in [5, 5.41) is 21.4. The van der Waals surface area contributed by atoms with E-state index in [2.05, 4.69) is 81.1 Å². The highest BCUT2D eigenvalue weighted by Crippen LogP contribution is 2.36. The van der Waals surface area contributed by atoms with E-state index in [9.17, 15) is 5.11 Å². The van der Waals surface area contributed by atoms with E-state index >= 15 is 0 Å². The van der Waals surface area contributed by atoms with Crippen LogP contribution in [0.3, 0.4) is 0 Å². The van der Waals surface area contributed by atoms with E-state index in [4.69, 9.17) is 9.53 Å². The monoisotopic (exact) mass is 424 g/mol. The lowest BCUT2D eigenvalue weighted by molar-refractivity contribution is 0.215. The molecule has 0 spiro atoms. The normalized spacial score (nSPS) is 12.8. The van der Waals surface area contributed by atoms with Gasteiger partial charge in [0.2, 0.25) is 0 Å². The van der Waals surface area contributed by atoms with Crippen LogP contribution in [0.4, 0.5) is 0 Å². The molecule has 0 aliphatic carbocycles. The number of aliphatic hydroxyl groups excluding tert-OH is 2. The molecule has 162 valence electrons. The molecule has 1 atom stereocenters. The average Bonchev–Trinajstić information content (AvgIpc) is 2.74. The summed E-state index contributed by atoms with van der Waals surface area (Å²) < 4.78 is 6.70. The van der Waals surface area contributed by atoms with E-state index in [1.54, 1.807) is 0 Å². The van der Waals surface area contributed by atoms with Crippen molar-refractivity contribution in [2.45, 2.75) is 64.0 Å². The summed E-state index contributed by atoms with van der Waals surface area (Å²) in [6, 6.07) is 21.0. The highest BCUT2D eigenvalue weighted by Gasteiger charge is 2.49. The lowest BCUT2D eigenvalue weighted by Gasteiger charge is -2.42. The number of rotatable bonds is 10. The van der Waals surface area contributed by atoms with Crippen molar-refractivity contribution in [1.82, 2.24) is 0 Å². The maximum atomic E-state index is 10.2. The Bertz CT molecular complexity index is 748. The van der Waals surface area contributed by atoms with E-state index < -0.39 is 14.4 Å². The molecule has 0 aromatic heterocycles. The predicted octanol–water partition coefficient (Wildman–Crippen LogP) is 3.87. The minimum atomic E-state index is -2.57. The number of unbranched alkanes of at least 4 members (excludes halogenated alkanes) is 3. The Balaban J connectivity index is 2.16. The average molecular weight is 425 g/mol. The van der Waals surface area contributed by atoms with Gasteiger partial charge in [-0.1, -0.05) is 106 Å². The summed E-state index contributed by atoms with van der Waals surface area (Å²) in [6.07, 6.45) is 3.80. The molecule has 0 saturated carbocycles. The van der Waals surface area contributed by atoms with Crippen LogP contribution in [0.1, 0.15) is 52.9 Å². The third-order valence-corrected chi connectivity index (χ3v) is 10.4. The first-order chi connectivity index (χ1) is 14.4. The van der Waals surface area contributed by atoms with Gasteiger partial charge in [-0.15, -0.1) is 0 Å². The molecule has 0 saturated heterocycles. The van der Waals surface area contributed by atoms with Crippen LogP contribution in [0.25, 0.3) is 0 Å². The Hall–Kier alpha value is -1.90. The van der Waals surface area contributed by atoms with Gasteiger partial charge >= 0.3 is 0 Å². The van der Waals surface area contributed by atoms with E-state index in [1.807, 2.05) is 12.1 Å². The van der Waals surface area contributed by atoms with E-state index in [0.29, 0.717) is 13.0 Å². The Morgan fingerprint density at radius 3 is 1.90 bits per heavy atom. The molecular weight excluding hydrogens is 388 g/mol. The standard InChI is InChI=1S/C26H36O3Si/c1-26(2,3)30(24-17-9-6-10-18-24,25-19-11-7-12-20-25)29-22-14-16-23(28)15-8-4-5-13-21-27/h6-7,9-12,17-20,23,27-28H,4-5,8,13,15,21-22H2,1-3H3. The molecule has 4 heteroatoms. The van der Waals surface area contributed by atoms with Crippen LogP contribution in [0.5, 0.6) is 0 Å². The van der Waals surface area contributed by atoms with Crippen LogP contribution < -0.4 is 10.4 Å². The maximum absolute atomic E-state index is 10.2. The van der Waals surface area contributed by atoms with Gasteiger partial charge in [0.25, 0.3) is 8.32 Å². The van der Waals surface area contributed by atoms with Crippen LogP contribution >= 0.6 is 0 Å². The van der Waals surface area contributed by atoms with Gasteiger partial charge in [0, 0.05) is 6.61 Å². The van der Waals surface area contributed by atoms with Gasteiger partial charge in [0.15, 0.2) is 0 Å². The Kier molecular flexibility index (Phi) is 9.81. The number of aliphatic hydroxyl groups is 2. The molecule has 0 aliphatic rings. The minimum absolute atomic E-state index is 0.0806. The van der Waals surface area contributed by atoms with Crippen molar-refractivity contribution >= 4 is 18.7 Å². The molecule has 2 N–H and O–H groups in total. The van der Waals surface area contributed by atoms with Crippen molar-refractivity contribution in [2.75, 3.05) is 13.2 Å². The molecule has 0 bridgehead atoms. The van der Waals surface area contributed by atoms with Crippen molar-refractivity contribution in [3.05, 3.63) is 60.7 Å². The molecule has 2 rings (SSSR count). The van der Waals surface area contributed by atoms with Gasteiger partial charge in [-0.05, 0) is 34.7 Å². The van der Waals surface area contributed by atoms with E-state index in [-0.39, 0.29) is 11.6 Å². The summed E-state index contributed by atoms with van der Waals surface area (Å²) in [5.41, 5.74) is 0. The van der Waals surface area contributed by atoms with Crippen LogP contribution in [0.2, 0.25) is 5.04 Å². The highest BCUT2D eigenvalue weighted by atomic mass is 28.4. The van der Waals surface area contributed by atoms with Crippen LogP contribution in [0.15, 0.2) is 60.7 Å². The van der Waals surface area contributed by atoms with Crippen LogP contribution in [-0.2, 0) is 4.43 Å². The largest absolute Gasteiger partial charge is 0.396 e. The second-order valence-electron chi connectivity index (χ2n) is 8.72. The Labute approximate surface area is 183 Å². The van der Waals surface area contributed by atoms with E-state index in [1.165, 1.54) is 10.4 Å². The molecule has 0 amide bonds. The summed E-state index contributed by atoms with van der Waals surface area (Å²) in [6.45, 7) is 7.27. The van der Waals surface area contributed by atoms with Gasteiger partial charge in [-0.2, -0.15) is 0 Å². The molecule has 0 radical (unpaired) electrons. The van der Waals surface area contributed by atoms with Gasteiger partial charge in [-0.25, -0.2) is 0 Å². The molecule has 0 fully saturated rings. The van der Waals surface area contributed by atoms with Crippen molar-refractivity contribution in [3.8, 4) is 11.8 Å².